The van der Waals surface area contributed by atoms with Crippen LogP contribution in [0.4, 0.5) is 0 Å². The summed E-state index contributed by atoms with van der Waals surface area (Å²) in [5, 5.41) is 7.41. The van der Waals surface area contributed by atoms with Crippen LogP contribution in [0.15, 0.2) is 0 Å². The highest BCUT2D eigenvalue weighted by atomic mass is 16.5. The molecular weight excluding hydrogens is 178 g/mol. The van der Waals surface area contributed by atoms with Crippen LogP contribution in [-0.4, -0.2) is 43.1 Å². The van der Waals surface area contributed by atoms with Crippen molar-refractivity contribution in [2.45, 2.75) is 38.3 Å². The van der Waals surface area contributed by atoms with Gasteiger partial charge < -0.3 is 10.5 Å². The Labute approximate surface area is 85.9 Å². The van der Waals surface area contributed by atoms with Gasteiger partial charge >= 0.3 is 0 Å². The standard InChI is InChI=1S/C10H21N3O/c1-8(10(11)12)13-6-3-4-9(14-2)5-7-13/h8-9H,3-7H2,1-2H3,(H3,11,12). The Kier molecular flexibility index (Phi) is 4.35. The number of nitrogens with zero attached hydrogens (tertiary/aromatic N) is 1. The summed E-state index contributed by atoms with van der Waals surface area (Å²) in [6.07, 6.45) is 3.70. The second-order valence-corrected chi connectivity index (χ2v) is 3.96. The predicted octanol–water partition coefficient (Wildman–Crippen LogP) is 0.812. The van der Waals surface area contributed by atoms with Crippen LogP contribution in [0.25, 0.3) is 0 Å². The van der Waals surface area contributed by atoms with Crippen molar-refractivity contribution in [1.29, 1.82) is 5.41 Å². The van der Waals surface area contributed by atoms with Crippen LogP contribution in [0.2, 0.25) is 0 Å². The number of hydrogen-bond donors (Lipinski definition) is 2. The van der Waals surface area contributed by atoms with Gasteiger partial charge in [-0.25, -0.2) is 0 Å². The first-order chi connectivity index (χ1) is 6.65. The van der Waals surface area contributed by atoms with E-state index in [0.29, 0.717) is 6.10 Å². The van der Waals surface area contributed by atoms with Crippen molar-refractivity contribution in [3.63, 3.8) is 0 Å². The lowest BCUT2D eigenvalue weighted by atomic mass is 10.2. The van der Waals surface area contributed by atoms with E-state index in [1.165, 1.54) is 0 Å². The molecule has 1 fully saturated rings. The summed E-state index contributed by atoms with van der Waals surface area (Å²) in [4.78, 5) is 2.27. The molecule has 1 aliphatic rings. The average Bonchev–Trinajstić information content (AvgIpc) is 2.41. The number of hydrogen-bond acceptors (Lipinski definition) is 3. The van der Waals surface area contributed by atoms with Gasteiger partial charge in [-0.1, -0.05) is 0 Å². The molecule has 0 aromatic rings. The fraction of sp³-hybridized carbons (Fsp3) is 0.900. The van der Waals surface area contributed by atoms with Crippen molar-refractivity contribution >= 4 is 5.84 Å². The van der Waals surface area contributed by atoms with Crippen LogP contribution >= 0.6 is 0 Å². The Balaban J connectivity index is 2.45. The van der Waals surface area contributed by atoms with Gasteiger partial charge in [-0.3, -0.25) is 10.3 Å². The van der Waals surface area contributed by atoms with Crippen LogP contribution in [0, 0.1) is 5.41 Å². The molecule has 2 unspecified atom stereocenters. The summed E-state index contributed by atoms with van der Waals surface area (Å²) in [6.45, 7) is 4.01. The highest BCUT2D eigenvalue weighted by Gasteiger charge is 2.21. The summed E-state index contributed by atoms with van der Waals surface area (Å²) >= 11 is 0. The molecule has 4 heteroatoms. The van der Waals surface area contributed by atoms with E-state index in [1.807, 2.05) is 6.92 Å². The van der Waals surface area contributed by atoms with Crippen LogP contribution < -0.4 is 5.73 Å². The first-order valence-electron chi connectivity index (χ1n) is 5.26. The van der Waals surface area contributed by atoms with Gasteiger partial charge in [0.1, 0.15) is 5.84 Å². The molecule has 1 aliphatic heterocycles. The SMILES string of the molecule is COC1CCCN(C(C)C(=N)N)CC1. The minimum atomic E-state index is 0.0746. The van der Waals surface area contributed by atoms with Crippen molar-refractivity contribution in [2.24, 2.45) is 5.73 Å². The lowest BCUT2D eigenvalue weighted by Crippen LogP contribution is -2.42. The molecule has 0 aromatic heterocycles. The maximum atomic E-state index is 7.41. The van der Waals surface area contributed by atoms with Crippen molar-refractivity contribution in [1.82, 2.24) is 4.90 Å². The summed E-state index contributed by atoms with van der Waals surface area (Å²) < 4.78 is 5.35. The molecule has 0 bridgehead atoms. The molecule has 1 rings (SSSR count). The zero-order valence-electron chi connectivity index (χ0n) is 9.12. The van der Waals surface area contributed by atoms with Gasteiger partial charge in [0.25, 0.3) is 0 Å². The van der Waals surface area contributed by atoms with Crippen LogP contribution in [0.3, 0.4) is 0 Å². The van der Waals surface area contributed by atoms with E-state index in [-0.39, 0.29) is 11.9 Å². The molecule has 1 heterocycles. The highest BCUT2D eigenvalue weighted by Crippen LogP contribution is 2.15. The van der Waals surface area contributed by atoms with E-state index in [4.69, 9.17) is 15.9 Å². The number of nitrogens with one attached hydrogen (secondary N) is 1. The summed E-state index contributed by atoms with van der Waals surface area (Å²) in [6, 6.07) is 0.0746. The van der Waals surface area contributed by atoms with Gasteiger partial charge in [0.05, 0.1) is 12.1 Å². The Morgan fingerprint density at radius 3 is 2.79 bits per heavy atom. The van der Waals surface area contributed by atoms with Crippen molar-refractivity contribution < 1.29 is 4.74 Å². The van der Waals surface area contributed by atoms with E-state index >= 15 is 0 Å². The van der Waals surface area contributed by atoms with Gasteiger partial charge in [-0.15, -0.1) is 0 Å². The van der Waals surface area contributed by atoms with Crippen molar-refractivity contribution in [3.8, 4) is 0 Å². The minimum Gasteiger partial charge on any atom is -0.386 e. The normalized spacial score (nSPS) is 26.9. The number of likely N-dealkylation sites (tertiary alicyclic amines) is 1. The minimum absolute atomic E-state index is 0.0746. The third kappa shape index (κ3) is 2.96. The first-order valence-corrected chi connectivity index (χ1v) is 5.26. The summed E-state index contributed by atoms with van der Waals surface area (Å²) in [5.74, 6) is 0.265. The topological polar surface area (TPSA) is 62.3 Å². The van der Waals surface area contributed by atoms with Crippen LogP contribution in [0.5, 0.6) is 0 Å². The number of ether oxygens (including phenoxy) is 1. The lowest BCUT2D eigenvalue weighted by Gasteiger charge is -2.26. The molecule has 0 aliphatic carbocycles. The fourth-order valence-corrected chi connectivity index (χ4v) is 1.91. The Bertz CT molecular complexity index is 196. The molecule has 2 atom stereocenters. The van der Waals surface area contributed by atoms with Gasteiger partial charge in [0, 0.05) is 13.7 Å². The largest absolute Gasteiger partial charge is 0.386 e. The van der Waals surface area contributed by atoms with Gasteiger partial charge in [0.15, 0.2) is 0 Å². The third-order valence-corrected chi connectivity index (χ3v) is 3.04. The first kappa shape index (κ1) is 11.5. The Morgan fingerprint density at radius 2 is 2.21 bits per heavy atom. The predicted molar refractivity (Wildman–Crippen MR) is 57.6 cm³/mol. The molecule has 3 N–H and O–H groups in total. The average molecular weight is 199 g/mol. The molecule has 0 aromatic carbocycles. The summed E-state index contributed by atoms with van der Waals surface area (Å²) in [7, 11) is 1.77. The second kappa shape index (κ2) is 5.32. The number of nitrogens with two attached hydrogens (primary N) is 1. The molecule has 82 valence electrons. The smallest absolute Gasteiger partial charge is 0.108 e. The van der Waals surface area contributed by atoms with Gasteiger partial charge in [-0.05, 0) is 32.7 Å². The molecule has 0 saturated carbocycles. The monoisotopic (exact) mass is 199 g/mol. The Hall–Kier alpha value is -0.610. The Morgan fingerprint density at radius 1 is 1.50 bits per heavy atom. The summed E-state index contributed by atoms with van der Waals surface area (Å²) in [5.41, 5.74) is 5.50. The maximum Gasteiger partial charge on any atom is 0.108 e. The molecule has 0 spiro atoms. The van der Waals surface area contributed by atoms with E-state index in [1.54, 1.807) is 7.11 Å². The quantitative estimate of drug-likeness (QED) is 0.522. The molecule has 1 saturated heterocycles. The van der Waals surface area contributed by atoms with E-state index < -0.39 is 0 Å². The zero-order chi connectivity index (χ0) is 10.6. The zero-order valence-corrected chi connectivity index (χ0v) is 9.12. The third-order valence-electron chi connectivity index (χ3n) is 3.04. The maximum absolute atomic E-state index is 7.41. The fourth-order valence-electron chi connectivity index (χ4n) is 1.91. The second-order valence-electron chi connectivity index (χ2n) is 3.96. The van der Waals surface area contributed by atoms with Gasteiger partial charge in [0.2, 0.25) is 0 Å². The van der Waals surface area contributed by atoms with E-state index in [9.17, 15) is 0 Å². The highest BCUT2D eigenvalue weighted by molar-refractivity contribution is 5.82. The van der Waals surface area contributed by atoms with E-state index in [2.05, 4.69) is 4.90 Å². The molecule has 4 nitrogen and oxygen atoms in total. The lowest BCUT2D eigenvalue weighted by molar-refractivity contribution is 0.0892. The van der Waals surface area contributed by atoms with Crippen molar-refractivity contribution in [3.05, 3.63) is 0 Å². The number of amidine groups is 1. The van der Waals surface area contributed by atoms with Crippen LogP contribution in [0.1, 0.15) is 26.2 Å². The number of rotatable bonds is 3. The van der Waals surface area contributed by atoms with Crippen molar-refractivity contribution in [2.75, 3.05) is 20.2 Å². The molecule has 0 amide bonds. The van der Waals surface area contributed by atoms with Gasteiger partial charge in [-0.2, -0.15) is 0 Å². The molecular formula is C10H21N3O. The molecule has 14 heavy (non-hydrogen) atoms. The number of methoxy groups -OCH3 is 1. The molecule has 0 radical (unpaired) electrons. The van der Waals surface area contributed by atoms with E-state index in [0.717, 1.165) is 32.4 Å². The van der Waals surface area contributed by atoms with Crippen LogP contribution in [-0.2, 0) is 4.74 Å².